The summed E-state index contributed by atoms with van der Waals surface area (Å²) in [6.45, 7) is 7.24. The van der Waals surface area contributed by atoms with Crippen molar-refractivity contribution in [3.63, 3.8) is 0 Å². The van der Waals surface area contributed by atoms with Crippen LogP contribution in [0.2, 0.25) is 0 Å². The molecule has 5 heteroatoms. The average molecular weight is 307 g/mol. The molecule has 106 valence electrons. The number of aliphatic imine (C=N–C) groups is 1. The highest BCUT2D eigenvalue weighted by molar-refractivity contribution is 7.22. The highest BCUT2D eigenvalue weighted by atomic mass is 32.1. The Morgan fingerprint density at radius 2 is 2.10 bits per heavy atom. The number of nitrogens with one attached hydrogen (secondary N) is 1. The molecule has 0 radical (unpaired) electrons. The van der Waals surface area contributed by atoms with E-state index in [0.29, 0.717) is 0 Å². The Hall–Kier alpha value is -1.01. The van der Waals surface area contributed by atoms with E-state index >= 15 is 0 Å². The van der Waals surface area contributed by atoms with Crippen molar-refractivity contribution < 1.29 is 10.2 Å². The fourth-order valence-electron chi connectivity index (χ4n) is 2.48. The lowest BCUT2D eigenvalue weighted by Crippen LogP contribution is -3.20. The van der Waals surface area contributed by atoms with E-state index in [2.05, 4.69) is 40.0 Å². The first-order chi connectivity index (χ1) is 9.92. The van der Waals surface area contributed by atoms with E-state index < -0.39 is 0 Å². The van der Waals surface area contributed by atoms with Crippen LogP contribution in [-0.2, 0) is 0 Å². The van der Waals surface area contributed by atoms with Gasteiger partial charge in [-0.3, -0.25) is 4.99 Å². The van der Waals surface area contributed by atoms with Crippen LogP contribution in [0.1, 0.15) is 4.88 Å². The smallest absolute Gasteiger partial charge is 0.127 e. The summed E-state index contributed by atoms with van der Waals surface area (Å²) in [5.41, 5.74) is 0. The van der Waals surface area contributed by atoms with Crippen molar-refractivity contribution in [2.45, 2.75) is 0 Å². The van der Waals surface area contributed by atoms with E-state index in [1.54, 1.807) is 16.2 Å². The molecule has 1 saturated heterocycles. The second-order valence-corrected chi connectivity index (χ2v) is 7.14. The number of hydrogen-bond acceptors (Lipinski definition) is 3. The molecular formula is C15H21N3S2+2. The number of nitrogens with two attached hydrogens (primary N) is 1. The molecule has 1 aliphatic rings. The van der Waals surface area contributed by atoms with E-state index in [1.807, 2.05) is 17.6 Å². The van der Waals surface area contributed by atoms with Crippen LogP contribution < -0.4 is 10.2 Å². The number of thiophene rings is 2. The minimum atomic E-state index is 0.946. The SMILES string of the molecule is C(=NCC[NH+]1CC[NH2+]CC1)c1ccc(-c2cccs2)s1. The molecular weight excluding hydrogens is 286 g/mol. The summed E-state index contributed by atoms with van der Waals surface area (Å²) in [4.78, 5) is 10.2. The maximum absolute atomic E-state index is 4.59. The van der Waals surface area contributed by atoms with E-state index in [0.717, 1.165) is 6.54 Å². The maximum Gasteiger partial charge on any atom is 0.127 e. The Morgan fingerprint density at radius 3 is 2.90 bits per heavy atom. The zero-order chi connectivity index (χ0) is 13.6. The second kappa shape index (κ2) is 7.13. The van der Waals surface area contributed by atoms with Crippen LogP contribution in [0.5, 0.6) is 0 Å². The Kier molecular flexibility index (Phi) is 4.97. The Labute approximate surface area is 128 Å². The molecule has 3 heterocycles. The number of piperazine rings is 1. The quantitative estimate of drug-likeness (QED) is 0.748. The van der Waals surface area contributed by atoms with Crippen LogP contribution in [-0.4, -0.2) is 45.5 Å². The molecule has 3 N–H and O–H groups in total. The molecule has 0 aromatic carbocycles. The van der Waals surface area contributed by atoms with Crippen molar-refractivity contribution in [1.29, 1.82) is 0 Å². The zero-order valence-electron chi connectivity index (χ0n) is 11.5. The van der Waals surface area contributed by atoms with Gasteiger partial charge in [0.2, 0.25) is 0 Å². The molecule has 3 rings (SSSR count). The van der Waals surface area contributed by atoms with Gasteiger partial charge in [0.05, 0.1) is 13.1 Å². The van der Waals surface area contributed by atoms with Gasteiger partial charge < -0.3 is 10.2 Å². The molecule has 0 spiro atoms. The van der Waals surface area contributed by atoms with Crippen molar-refractivity contribution in [2.75, 3.05) is 39.3 Å². The largest absolute Gasteiger partial charge is 0.337 e. The maximum atomic E-state index is 4.59. The molecule has 0 amide bonds. The number of nitrogens with zero attached hydrogens (tertiary/aromatic N) is 1. The van der Waals surface area contributed by atoms with Gasteiger partial charge >= 0.3 is 0 Å². The first-order valence-corrected chi connectivity index (χ1v) is 8.90. The van der Waals surface area contributed by atoms with Crippen LogP contribution in [0.25, 0.3) is 9.75 Å². The van der Waals surface area contributed by atoms with Gasteiger partial charge in [-0.25, -0.2) is 0 Å². The fraction of sp³-hybridized carbons (Fsp3) is 0.400. The second-order valence-electron chi connectivity index (χ2n) is 5.08. The molecule has 0 atom stereocenters. The van der Waals surface area contributed by atoms with E-state index in [4.69, 9.17) is 0 Å². The standard InChI is InChI=1S/C15H19N3S2/c1-2-14(19-11-1)15-4-3-13(20-15)12-17-7-10-18-8-5-16-6-9-18/h1-4,11-12,16H,5-10H2/p+2. The topological polar surface area (TPSA) is 33.4 Å². The third-order valence-electron chi connectivity index (χ3n) is 3.61. The van der Waals surface area contributed by atoms with Crippen molar-refractivity contribution in [3.05, 3.63) is 34.5 Å². The minimum absolute atomic E-state index is 0.946. The summed E-state index contributed by atoms with van der Waals surface area (Å²) in [6, 6.07) is 8.65. The Balaban J connectivity index is 1.49. The number of rotatable bonds is 5. The van der Waals surface area contributed by atoms with Crippen LogP contribution >= 0.6 is 22.7 Å². The highest BCUT2D eigenvalue weighted by Crippen LogP contribution is 2.30. The van der Waals surface area contributed by atoms with Crippen molar-refractivity contribution >= 4 is 28.9 Å². The van der Waals surface area contributed by atoms with Crippen LogP contribution in [0.15, 0.2) is 34.6 Å². The molecule has 2 aromatic rings. The zero-order valence-corrected chi connectivity index (χ0v) is 13.2. The molecule has 0 bridgehead atoms. The van der Waals surface area contributed by atoms with E-state index in [-0.39, 0.29) is 0 Å². The average Bonchev–Trinajstić information content (AvgIpc) is 3.15. The van der Waals surface area contributed by atoms with Gasteiger partial charge in [0.25, 0.3) is 0 Å². The van der Waals surface area contributed by atoms with E-state index in [1.165, 1.54) is 47.4 Å². The normalized spacial score (nSPS) is 17.0. The lowest BCUT2D eigenvalue weighted by atomic mass is 10.3. The summed E-state index contributed by atoms with van der Waals surface area (Å²) in [5.74, 6) is 0. The molecule has 0 saturated carbocycles. The van der Waals surface area contributed by atoms with Crippen LogP contribution in [0.4, 0.5) is 0 Å². The molecule has 20 heavy (non-hydrogen) atoms. The minimum Gasteiger partial charge on any atom is -0.337 e. The first kappa shape index (κ1) is 13.9. The third kappa shape index (κ3) is 3.76. The van der Waals surface area contributed by atoms with Gasteiger partial charge in [-0.1, -0.05) is 6.07 Å². The first-order valence-electron chi connectivity index (χ1n) is 7.20. The number of hydrogen-bond donors (Lipinski definition) is 2. The molecule has 1 aliphatic heterocycles. The van der Waals surface area contributed by atoms with Gasteiger partial charge in [0.1, 0.15) is 26.2 Å². The molecule has 2 aromatic heterocycles. The molecule has 3 nitrogen and oxygen atoms in total. The van der Waals surface area contributed by atoms with Crippen molar-refractivity contribution in [1.82, 2.24) is 0 Å². The van der Waals surface area contributed by atoms with E-state index in [9.17, 15) is 0 Å². The lowest BCUT2D eigenvalue weighted by molar-refractivity contribution is -0.945. The molecule has 0 unspecified atom stereocenters. The highest BCUT2D eigenvalue weighted by Gasteiger charge is 2.13. The summed E-state index contributed by atoms with van der Waals surface area (Å²) in [6.07, 6.45) is 2.04. The van der Waals surface area contributed by atoms with Gasteiger partial charge in [-0.05, 0) is 23.6 Å². The predicted octanol–water partition coefficient (Wildman–Crippen LogP) is 0.357. The summed E-state index contributed by atoms with van der Waals surface area (Å²) in [5, 5.41) is 4.53. The molecule has 0 aliphatic carbocycles. The summed E-state index contributed by atoms with van der Waals surface area (Å²) in [7, 11) is 0. The van der Waals surface area contributed by atoms with Gasteiger partial charge in [-0.2, -0.15) is 0 Å². The van der Waals surface area contributed by atoms with Crippen LogP contribution in [0.3, 0.4) is 0 Å². The van der Waals surface area contributed by atoms with Crippen molar-refractivity contribution in [2.24, 2.45) is 4.99 Å². The van der Waals surface area contributed by atoms with Crippen molar-refractivity contribution in [3.8, 4) is 9.75 Å². The van der Waals surface area contributed by atoms with Gasteiger partial charge in [0.15, 0.2) is 0 Å². The lowest BCUT2D eigenvalue weighted by Gasteiger charge is -2.21. The Bertz CT molecular complexity index is 539. The fourth-order valence-corrected chi connectivity index (χ4v) is 4.22. The van der Waals surface area contributed by atoms with Gasteiger partial charge in [0, 0.05) is 20.8 Å². The monoisotopic (exact) mass is 307 g/mol. The predicted molar refractivity (Wildman–Crippen MR) is 87.3 cm³/mol. The van der Waals surface area contributed by atoms with Crippen LogP contribution in [0, 0.1) is 0 Å². The number of quaternary nitrogens is 2. The molecule has 1 fully saturated rings. The van der Waals surface area contributed by atoms with Gasteiger partial charge in [-0.15, -0.1) is 22.7 Å². The summed E-state index contributed by atoms with van der Waals surface area (Å²) >= 11 is 3.62. The third-order valence-corrected chi connectivity index (χ3v) is 5.69. The Morgan fingerprint density at radius 1 is 1.20 bits per heavy atom. The summed E-state index contributed by atoms with van der Waals surface area (Å²) < 4.78 is 0.